The van der Waals surface area contributed by atoms with E-state index < -0.39 is 0 Å². The highest BCUT2D eigenvalue weighted by molar-refractivity contribution is 5.67. The monoisotopic (exact) mass is 225 g/mol. The molecule has 0 aromatic heterocycles. The minimum Gasteiger partial charge on any atom is -0.355 e. The van der Waals surface area contributed by atoms with Crippen LogP contribution < -0.4 is 5.32 Å². The quantitative estimate of drug-likeness (QED) is 0.783. The zero-order valence-corrected chi connectivity index (χ0v) is 11.0. The first-order valence-corrected chi connectivity index (χ1v) is 5.98. The summed E-state index contributed by atoms with van der Waals surface area (Å²) < 4.78 is 0. The molecule has 0 spiro atoms. The standard InChI is InChI=1S/C16H19N/c1-11-8-9-15(13(3)10-11)17-16-7-5-6-12(2)14(16)4/h5-10,17H,1-4H3. The minimum absolute atomic E-state index is 1.18. The summed E-state index contributed by atoms with van der Waals surface area (Å²) in [5, 5.41) is 3.51. The summed E-state index contributed by atoms with van der Waals surface area (Å²) in [7, 11) is 0. The van der Waals surface area contributed by atoms with E-state index >= 15 is 0 Å². The summed E-state index contributed by atoms with van der Waals surface area (Å²) in [6.45, 7) is 8.55. The molecule has 0 amide bonds. The Hall–Kier alpha value is -1.76. The molecule has 1 heteroatoms. The number of rotatable bonds is 2. The third kappa shape index (κ3) is 2.50. The van der Waals surface area contributed by atoms with Crippen molar-refractivity contribution in [3.8, 4) is 0 Å². The molecule has 88 valence electrons. The van der Waals surface area contributed by atoms with Crippen LogP contribution >= 0.6 is 0 Å². The number of benzene rings is 2. The second-order valence-electron chi connectivity index (χ2n) is 4.69. The van der Waals surface area contributed by atoms with Gasteiger partial charge in [-0.2, -0.15) is 0 Å². The van der Waals surface area contributed by atoms with Crippen LogP contribution in [0.1, 0.15) is 22.3 Å². The molecule has 0 aliphatic heterocycles. The van der Waals surface area contributed by atoms with Gasteiger partial charge in [0.15, 0.2) is 0 Å². The third-order valence-electron chi connectivity index (χ3n) is 3.26. The van der Waals surface area contributed by atoms with Crippen LogP contribution in [0, 0.1) is 27.7 Å². The first-order chi connectivity index (χ1) is 8.08. The molecule has 2 aromatic carbocycles. The lowest BCUT2D eigenvalue weighted by molar-refractivity contribution is 1.31. The van der Waals surface area contributed by atoms with E-state index in [-0.39, 0.29) is 0 Å². The summed E-state index contributed by atoms with van der Waals surface area (Å²) in [5.74, 6) is 0. The van der Waals surface area contributed by atoms with Gasteiger partial charge in [-0.05, 0) is 56.5 Å². The Kier molecular flexibility index (Phi) is 3.19. The van der Waals surface area contributed by atoms with Crippen LogP contribution in [-0.4, -0.2) is 0 Å². The number of hydrogen-bond donors (Lipinski definition) is 1. The summed E-state index contributed by atoms with van der Waals surface area (Å²) in [6.07, 6.45) is 0. The van der Waals surface area contributed by atoms with E-state index in [1.165, 1.54) is 33.6 Å². The molecule has 2 rings (SSSR count). The molecule has 0 unspecified atom stereocenters. The number of anilines is 2. The fraction of sp³-hybridized carbons (Fsp3) is 0.250. The number of aryl methyl sites for hydroxylation is 3. The Morgan fingerprint density at radius 3 is 2.24 bits per heavy atom. The molecule has 0 saturated carbocycles. The van der Waals surface area contributed by atoms with Crippen LogP contribution in [0.15, 0.2) is 36.4 Å². The van der Waals surface area contributed by atoms with Crippen molar-refractivity contribution in [2.75, 3.05) is 5.32 Å². The van der Waals surface area contributed by atoms with Crippen molar-refractivity contribution in [1.29, 1.82) is 0 Å². The zero-order valence-electron chi connectivity index (χ0n) is 11.0. The van der Waals surface area contributed by atoms with Crippen LogP contribution in [-0.2, 0) is 0 Å². The molecule has 0 atom stereocenters. The normalized spacial score (nSPS) is 10.4. The molecule has 0 saturated heterocycles. The van der Waals surface area contributed by atoms with Crippen LogP contribution in [0.25, 0.3) is 0 Å². The van der Waals surface area contributed by atoms with E-state index in [0.717, 1.165) is 0 Å². The van der Waals surface area contributed by atoms with Gasteiger partial charge in [-0.25, -0.2) is 0 Å². The Balaban J connectivity index is 2.35. The van der Waals surface area contributed by atoms with Crippen molar-refractivity contribution in [3.63, 3.8) is 0 Å². The lowest BCUT2D eigenvalue weighted by atomic mass is 10.1. The van der Waals surface area contributed by atoms with Gasteiger partial charge in [-0.1, -0.05) is 29.8 Å². The topological polar surface area (TPSA) is 12.0 Å². The predicted molar refractivity (Wildman–Crippen MR) is 75.1 cm³/mol. The van der Waals surface area contributed by atoms with E-state index in [1.54, 1.807) is 0 Å². The SMILES string of the molecule is Cc1ccc(Nc2cccc(C)c2C)c(C)c1. The molecule has 2 aromatic rings. The Morgan fingerprint density at radius 2 is 1.53 bits per heavy atom. The largest absolute Gasteiger partial charge is 0.355 e. The molecule has 0 aliphatic carbocycles. The molecule has 0 heterocycles. The predicted octanol–water partition coefficient (Wildman–Crippen LogP) is 4.66. The highest BCUT2D eigenvalue weighted by Crippen LogP contribution is 2.25. The van der Waals surface area contributed by atoms with E-state index in [2.05, 4.69) is 69.4 Å². The van der Waals surface area contributed by atoms with Crippen molar-refractivity contribution in [3.05, 3.63) is 58.7 Å². The van der Waals surface area contributed by atoms with Crippen LogP contribution in [0.5, 0.6) is 0 Å². The molecule has 1 N–H and O–H groups in total. The van der Waals surface area contributed by atoms with Gasteiger partial charge in [0.1, 0.15) is 0 Å². The van der Waals surface area contributed by atoms with Crippen molar-refractivity contribution < 1.29 is 0 Å². The first kappa shape index (κ1) is 11.7. The summed E-state index contributed by atoms with van der Waals surface area (Å²) in [5.41, 5.74) is 7.59. The van der Waals surface area contributed by atoms with Crippen LogP contribution in [0.4, 0.5) is 11.4 Å². The minimum atomic E-state index is 1.18. The maximum Gasteiger partial charge on any atom is 0.0416 e. The Morgan fingerprint density at radius 1 is 0.765 bits per heavy atom. The molecule has 0 radical (unpaired) electrons. The maximum atomic E-state index is 3.51. The highest BCUT2D eigenvalue weighted by Gasteiger charge is 2.03. The summed E-state index contributed by atoms with van der Waals surface area (Å²) in [6, 6.07) is 12.8. The third-order valence-corrected chi connectivity index (χ3v) is 3.26. The van der Waals surface area contributed by atoms with Gasteiger partial charge in [0.2, 0.25) is 0 Å². The average Bonchev–Trinajstić information content (AvgIpc) is 2.28. The number of nitrogens with one attached hydrogen (secondary N) is 1. The van der Waals surface area contributed by atoms with E-state index in [0.29, 0.717) is 0 Å². The van der Waals surface area contributed by atoms with E-state index in [1.807, 2.05) is 0 Å². The number of hydrogen-bond acceptors (Lipinski definition) is 1. The average molecular weight is 225 g/mol. The molecule has 17 heavy (non-hydrogen) atoms. The van der Waals surface area contributed by atoms with Gasteiger partial charge in [-0.3, -0.25) is 0 Å². The van der Waals surface area contributed by atoms with Gasteiger partial charge in [0, 0.05) is 11.4 Å². The fourth-order valence-corrected chi connectivity index (χ4v) is 1.99. The van der Waals surface area contributed by atoms with E-state index in [4.69, 9.17) is 0 Å². The van der Waals surface area contributed by atoms with Crippen molar-refractivity contribution >= 4 is 11.4 Å². The fourth-order valence-electron chi connectivity index (χ4n) is 1.99. The van der Waals surface area contributed by atoms with Crippen LogP contribution in [0.3, 0.4) is 0 Å². The van der Waals surface area contributed by atoms with Gasteiger partial charge in [0.25, 0.3) is 0 Å². The smallest absolute Gasteiger partial charge is 0.0416 e. The van der Waals surface area contributed by atoms with Crippen molar-refractivity contribution in [1.82, 2.24) is 0 Å². The lowest BCUT2D eigenvalue weighted by Gasteiger charge is -2.13. The summed E-state index contributed by atoms with van der Waals surface area (Å²) >= 11 is 0. The van der Waals surface area contributed by atoms with Crippen LogP contribution in [0.2, 0.25) is 0 Å². The molecule has 1 nitrogen and oxygen atoms in total. The first-order valence-electron chi connectivity index (χ1n) is 5.98. The Bertz CT molecular complexity index is 541. The van der Waals surface area contributed by atoms with Gasteiger partial charge >= 0.3 is 0 Å². The molecular weight excluding hydrogens is 206 g/mol. The molecule has 0 fully saturated rings. The molecule has 0 aliphatic rings. The van der Waals surface area contributed by atoms with Gasteiger partial charge in [-0.15, -0.1) is 0 Å². The van der Waals surface area contributed by atoms with Gasteiger partial charge < -0.3 is 5.32 Å². The van der Waals surface area contributed by atoms with E-state index in [9.17, 15) is 0 Å². The van der Waals surface area contributed by atoms with Gasteiger partial charge in [0.05, 0.1) is 0 Å². The summed E-state index contributed by atoms with van der Waals surface area (Å²) in [4.78, 5) is 0. The second kappa shape index (κ2) is 4.62. The zero-order chi connectivity index (χ0) is 12.4. The molecule has 0 bridgehead atoms. The lowest BCUT2D eigenvalue weighted by Crippen LogP contribution is -1.96. The molecular formula is C16H19N. The maximum absolute atomic E-state index is 3.51. The van der Waals surface area contributed by atoms with Crippen molar-refractivity contribution in [2.24, 2.45) is 0 Å². The van der Waals surface area contributed by atoms with Crippen molar-refractivity contribution in [2.45, 2.75) is 27.7 Å². The Labute approximate surface area is 103 Å². The highest BCUT2D eigenvalue weighted by atomic mass is 14.9. The second-order valence-corrected chi connectivity index (χ2v) is 4.69.